The zero-order valence-corrected chi connectivity index (χ0v) is 12.2. The van der Waals surface area contributed by atoms with Gasteiger partial charge in [0.25, 0.3) is 0 Å². The van der Waals surface area contributed by atoms with Crippen LogP contribution in [0.15, 0.2) is 24.3 Å². The summed E-state index contributed by atoms with van der Waals surface area (Å²) in [6.07, 6.45) is 1.94. The maximum absolute atomic E-state index is 8.89. The smallest absolute Gasteiger partial charge is 0.119 e. The van der Waals surface area contributed by atoms with Crippen LogP contribution in [0.25, 0.3) is 0 Å². The van der Waals surface area contributed by atoms with Crippen molar-refractivity contribution < 1.29 is 4.74 Å². The third-order valence-corrected chi connectivity index (χ3v) is 3.00. The van der Waals surface area contributed by atoms with Crippen molar-refractivity contribution in [2.24, 2.45) is 5.41 Å². The molecular weight excluding hydrogens is 236 g/mol. The summed E-state index contributed by atoms with van der Waals surface area (Å²) < 4.78 is 5.64. The number of benzene rings is 1. The first-order valence-corrected chi connectivity index (χ1v) is 6.85. The Bertz CT molecular complexity index is 421. The second-order valence-electron chi connectivity index (χ2n) is 5.51. The van der Waals surface area contributed by atoms with Gasteiger partial charge in [0.15, 0.2) is 0 Å². The first-order valence-electron chi connectivity index (χ1n) is 6.85. The SMILES string of the molecule is Cc1cccc(OCCNCCCC(C)(C)C#N)c1. The van der Waals surface area contributed by atoms with Crippen molar-refractivity contribution in [1.29, 1.82) is 5.26 Å². The lowest BCUT2D eigenvalue weighted by Gasteiger charge is -2.14. The molecule has 0 fully saturated rings. The van der Waals surface area contributed by atoms with Crippen molar-refractivity contribution in [1.82, 2.24) is 5.32 Å². The summed E-state index contributed by atoms with van der Waals surface area (Å²) in [4.78, 5) is 0. The van der Waals surface area contributed by atoms with Gasteiger partial charge in [-0.3, -0.25) is 0 Å². The van der Waals surface area contributed by atoms with E-state index in [1.165, 1.54) is 5.56 Å². The average molecular weight is 260 g/mol. The van der Waals surface area contributed by atoms with Gasteiger partial charge in [-0.05, 0) is 57.9 Å². The molecule has 0 saturated carbocycles. The van der Waals surface area contributed by atoms with Crippen molar-refractivity contribution in [2.45, 2.75) is 33.6 Å². The summed E-state index contributed by atoms with van der Waals surface area (Å²) in [5, 5.41) is 12.2. The third-order valence-electron chi connectivity index (χ3n) is 3.00. The van der Waals surface area contributed by atoms with E-state index in [2.05, 4.69) is 24.4 Å². The normalized spacial score (nSPS) is 11.1. The van der Waals surface area contributed by atoms with Crippen LogP contribution in [0.5, 0.6) is 5.75 Å². The standard InChI is InChI=1S/C16H24N2O/c1-14-6-4-7-15(12-14)19-11-10-18-9-5-8-16(2,3)13-17/h4,6-7,12,18H,5,8-11H2,1-3H3. The molecule has 0 aliphatic carbocycles. The quantitative estimate of drug-likeness (QED) is 0.729. The highest BCUT2D eigenvalue weighted by Gasteiger charge is 2.15. The van der Waals surface area contributed by atoms with Crippen LogP contribution in [-0.4, -0.2) is 19.7 Å². The molecule has 1 rings (SSSR count). The number of ether oxygens (including phenoxy) is 1. The lowest BCUT2D eigenvalue weighted by atomic mass is 9.90. The number of hydrogen-bond donors (Lipinski definition) is 1. The van der Waals surface area contributed by atoms with Gasteiger partial charge in [0, 0.05) is 6.54 Å². The minimum atomic E-state index is -0.209. The highest BCUT2D eigenvalue weighted by Crippen LogP contribution is 2.19. The number of nitrogens with zero attached hydrogens (tertiary/aromatic N) is 1. The number of nitrogens with one attached hydrogen (secondary N) is 1. The van der Waals surface area contributed by atoms with Crippen LogP contribution in [0.4, 0.5) is 0 Å². The van der Waals surface area contributed by atoms with Crippen molar-refractivity contribution in [3.8, 4) is 11.8 Å². The maximum atomic E-state index is 8.89. The van der Waals surface area contributed by atoms with Crippen LogP contribution in [0.1, 0.15) is 32.3 Å². The van der Waals surface area contributed by atoms with Crippen LogP contribution < -0.4 is 10.1 Å². The monoisotopic (exact) mass is 260 g/mol. The molecule has 1 aromatic carbocycles. The third kappa shape index (κ3) is 6.83. The van der Waals surface area contributed by atoms with Crippen molar-refractivity contribution >= 4 is 0 Å². The fourth-order valence-electron chi connectivity index (χ4n) is 1.78. The van der Waals surface area contributed by atoms with Crippen LogP contribution >= 0.6 is 0 Å². The number of hydrogen-bond acceptors (Lipinski definition) is 3. The Balaban J connectivity index is 2.05. The van der Waals surface area contributed by atoms with Crippen LogP contribution in [0, 0.1) is 23.7 Å². The zero-order valence-electron chi connectivity index (χ0n) is 12.2. The van der Waals surface area contributed by atoms with E-state index in [1.807, 2.05) is 32.0 Å². The molecule has 0 unspecified atom stereocenters. The molecule has 3 nitrogen and oxygen atoms in total. The minimum absolute atomic E-state index is 0.209. The van der Waals surface area contributed by atoms with E-state index in [9.17, 15) is 0 Å². The second-order valence-corrected chi connectivity index (χ2v) is 5.51. The Morgan fingerprint density at radius 3 is 2.79 bits per heavy atom. The van der Waals surface area contributed by atoms with Gasteiger partial charge in [0.05, 0.1) is 11.5 Å². The Morgan fingerprint density at radius 1 is 1.32 bits per heavy atom. The van der Waals surface area contributed by atoms with Crippen molar-refractivity contribution in [2.75, 3.05) is 19.7 Å². The van der Waals surface area contributed by atoms with Gasteiger partial charge in [-0.15, -0.1) is 0 Å². The van der Waals surface area contributed by atoms with Gasteiger partial charge >= 0.3 is 0 Å². The molecule has 0 spiro atoms. The van der Waals surface area contributed by atoms with E-state index in [-0.39, 0.29) is 5.41 Å². The topological polar surface area (TPSA) is 45.0 Å². The Hall–Kier alpha value is -1.53. The van der Waals surface area contributed by atoms with E-state index >= 15 is 0 Å². The van der Waals surface area contributed by atoms with Crippen LogP contribution in [-0.2, 0) is 0 Å². The van der Waals surface area contributed by atoms with E-state index in [4.69, 9.17) is 10.00 Å². The molecule has 0 atom stereocenters. The number of aryl methyl sites for hydroxylation is 1. The second kappa shape index (κ2) is 7.81. The summed E-state index contributed by atoms with van der Waals surface area (Å²) in [6, 6.07) is 10.4. The van der Waals surface area contributed by atoms with Gasteiger partial charge in [0.1, 0.15) is 12.4 Å². The Labute approximate surface area is 116 Å². The first-order chi connectivity index (χ1) is 9.03. The average Bonchev–Trinajstić information content (AvgIpc) is 2.38. The largest absolute Gasteiger partial charge is 0.492 e. The number of nitriles is 1. The van der Waals surface area contributed by atoms with E-state index in [0.29, 0.717) is 6.61 Å². The summed E-state index contributed by atoms with van der Waals surface area (Å²) in [5.41, 5.74) is 1.00. The van der Waals surface area contributed by atoms with Gasteiger partial charge in [-0.1, -0.05) is 12.1 Å². The molecule has 1 aromatic rings. The molecule has 1 N–H and O–H groups in total. The van der Waals surface area contributed by atoms with Crippen LogP contribution in [0.3, 0.4) is 0 Å². The van der Waals surface area contributed by atoms with Crippen molar-refractivity contribution in [3.05, 3.63) is 29.8 Å². The Kier molecular flexibility index (Phi) is 6.38. The highest BCUT2D eigenvalue weighted by atomic mass is 16.5. The predicted octanol–water partition coefficient (Wildman–Crippen LogP) is 3.29. The lowest BCUT2D eigenvalue weighted by molar-refractivity contribution is 0.311. The Morgan fingerprint density at radius 2 is 2.11 bits per heavy atom. The first kappa shape index (κ1) is 15.5. The molecule has 0 aromatic heterocycles. The van der Waals surface area contributed by atoms with E-state index in [1.54, 1.807) is 0 Å². The molecule has 0 amide bonds. The van der Waals surface area contributed by atoms with Crippen LogP contribution in [0.2, 0.25) is 0 Å². The molecule has 104 valence electrons. The molecule has 0 radical (unpaired) electrons. The predicted molar refractivity (Wildman–Crippen MR) is 78.2 cm³/mol. The molecule has 0 bridgehead atoms. The van der Waals surface area contributed by atoms with Gasteiger partial charge in [-0.2, -0.15) is 5.26 Å². The molecule has 19 heavy (non-hydrogen) atoms. The van der Waals surface area contributed by atoms with E-state index in [0.717, 1.165) is 31.7 Å². The molecule has 0 saturated heterocycles. The minimum Gasteiger partial charge on any atom is -0.492 e. The summed E-state index contributed by atoms with van der Waals surface area (Å²) in [5.74, 6) is 0.924. The van der Waals surface area contributed by atoms with E-state index < -0.39 is 0 Å². The van der Waals surface area contributed by atoms with Crippen molar-refractivity contribution in [3.63, 3.8) is 0 Å². The number of rotatable bonds is 8. The molecule has 0 heterocycles. The summed E-state index contributed by atoms with van der Waals surface area (Å²) >= 11 is 0. The fraction of sp³-hybridized carbons (Fsp3) is 0.562. The van der Waals surface area contributed by atoms with Gasteiger partial charge in [0.2, 0.25) is 0 Å². The molecular formula is C16H24N2O. The fourth-order valence-corrected chi connectivity index (χ4v) is 1.78. The maximum Gasteiger partial charge on any atom is 0.119 e. The molecule has 0 aliphatic heterocycles. The summed E-state index contributed by atoms with van der Waals surface area (Å²) in [7, 11) is 0. The zero-order chi connectivity index (χ0) is 14.1. The van der Waals surface area contributed by atoms with Gasteiger partial charge < -0.3 is 10.1 Å². The highest BCUT2D eigenvalue weighted by molar-refractivity contribution is 5.27. The lowest BCUT2D eigenvalue weighted by Crippen LogP contribution is -2.23. The molecule has 3 heteroatoms. The van der Waals surface area contributed by atoms with Gasteiger partial charge in [-0.25, -0.2) is 0 Å². The summed E-state index contributed by atoms with van der Waals surface area (Å²) in [6.45, 7) is 8.46. The molecule has 0 aliphatic rings.